The first-order chi connectivity index (χ1) is 16.5. The molecule has 0 saturated heterocycles. The molecule has 6 nitrogen and oxygen atoms in total. The van der Waals surface area contributed by atoms with Crippen LogP contribution < -0.4 is 16.2 Å². The van der Waals surface area contributed by atoms with Gasteiger partial charge in [-0.25, -0.2) is 4.98 Å². The van der Waals surface area contributed by atoms with Gasteiger partial charge in [0.1, 0.15) is 17.4 Å². The van der Waals surface area contributed by atoms with E-state index in [1.807, 2.05) is 18.2 Å². The van der Waals surface area contributed by atoms with Crippen LogP contribution in [0.25, 0.3) is 0 Å². The lowest BCUT2D eigenvalue weighted by Crippen LogP contribution is -2.56. The standard InChI is InChI=1S/C28H27N5O/c29-14-16-4-5-19-8-22-24(31)32-26(33-25(22)34-23(19)7-16)28-12-17-6-18(13-28)11-27(10-17,15-28)20-2-1-3-21(30)9-20/h1-5,7,9,17-18H,6,8,10-13,15,30H2,(H2,31,32,33). The molecule has 170 valence electrons. The number of benzene rings is 2. The number of hydrogen-bond donors (Lipinski definition) is 2. The molecule has 3 aromatic rings. The van der Waals surface area contributed by atoms with Gasteiger partial charge in [-0.15, -0.1) is 0 Å². The maximum absolute atomic E-state index is 9.30. The summed E-state index contributed by atoms with van der Waals surface area (Å²) < 4.78 is 6.23. The first kappa shape index (κ1) is 19.8. The maximum Gasteiger partial charge on any atom is 0.228 e. The summed E-state index contributed by atoms with van der Waals surface area (Å²) in [6.07, 6.45) is 7.61. The zero-order chi connectivity index (χ0) is 23.1. The number of ether oxygens (including phenoxy) is 1. The minimum absolute atomic E-state index is 0.0873. The van der Waals surface area contributed by atoms with E-state index in [2.05, 4.69) is 24.3 Å². The second kappa shape index (κ2) is 6.73. The van der Waals surface area contributed by atoms with E-state index in [4.69, 9.17) is 26.2 Å². The molecule has 0 amide bonds. The Morgan fingerprint density at radius 1 is 0.971 bits per heavy atom. The molecule has 4 fully saturated rings. The van der Waals surface area contributed by atoms with E-state index in [9.17, 15) is 5.26 Å². The van der Waals surface area contributed by atoms with Crippen molar-refractivity contribution < 1.29 is 4.74 Å². The number of rotatable bonds is 2. The molecule has 4 aliphatic carbocycles. The Bertz CT molecular complexity index is 1380. The van der Waals surface area contributed by atoms with E-state index < -0.39 is 0 Å². The third kappa shape index (κ3) is 2.79. The first-order valence-corrected chi connectivity index (χ1v) is 12.2. The number of hydrogen-bond acceptors (Lipinski definition) is 6. The van der Waals surface area contributed by atoms with Crippen LogP contribution in [0, 0.1) is 23.2 Å². The molecule has 2 unspecified atom stereocenters. The predicted molar refractivity (Wildman–Crippen MR) is 129 cm³/mol. The van der Waals surface area contributed by atoms with Crippen molar-refractivity contribution in [2.45, 2.75) is 55.8 Å². The Morgan fingerprint density at radius 3 is 2.53 bits per heavy atom. The Hall–Kier alpha value is -3.59. The first-order valence-electron chi connectivity index (χ1n) is 12.2. The van der Waals surface area contributed by atoms with Crippen LogP contribution in [0.15, 0.2) is 42.5 Å². The summed E-state index contributed by atoms with van der Waals surface area (Å²) in [5, 5.41) is 9.30. The minimum Gasteiger partial charge on any atom is -0.438 e. The van der Waals surface area contributed by atoms with Crippen molar-refractivity contribution in [2.24, 2.45) is 11.8 Å². The molecule has 4 N–H and O–H groups in total. The molecule has 2 heterocycles. The molecule has 0 spiro atoms. The quantitative estimate of drug-likeness (QED) is 0.417. The summed E-state index contributed by atoms with van der Waals surface area (Å²) >= 11 is 0. The van der Waals surface area contributed by atoms with Crippen molar-refractivity contribution in [1.82, 2.24) is 9.97 Å². The molecule has 5 aliphatic rings. The number of aromatic nitrogens is 2. The Kier molecular flexibility index (Phi) is 3.92. The smallest absolute Gasteiger partial charge is 0.228 e. The number of nitriles is 1. The normalized spacial score (nSPS) is 30.2. The SMILES string of the molecule is N#Cc1ccc2c(c1)Oc1nc(C34CC5CC(CC(c6cccc(N)c6)(C5)C3)C4)nc(N)c1C2. The number of nitrogens with zero attached hydrogens (tertiary/aromatic N) is 3. The van der Waals surface area contributed by atoms with Gasteiger partial charge in [-0.1, -0.05) is 18.2 Å². The van der Waals surface area contributed by atoms with Gasteiger partial charge < -0.3 is 16.2 Å². The molecule has 4 saturated carbocycles. The van der Waals surface area contributed by atoms with Gasteiger partial charge in [0.25, 0.3) is 0 Å². The number of anilines is 2. The molecule has 34 heavy (non-hydrogen) atoms. The highest BCUT2D eigenvalue weighted by atomic mass is 16.5. The lowest BCUT2D eigenvalue weighted by atomic mass is 9.42. The van der Waals surface area contributed by atoms with Crippen LogP contribution in [-0.2, 0) is 17.3 Å². The Morgan fingerprint density at radius 2 is 1.76 bits per heavy atom. The van der Waals surface area contributed by atoms with Gasteiger partial charge in [0.2, 0.25) is 5.88 Å². The molecule has 2 aromatic carbocycles. The maximum atomic E-state index is 9.30. The average molecular weight is 450 g/mol. The van der Waals surface area contributed by atoms with Crippen LogP contribution >= 0.6 is 0 Å². The lowest BCUT2D eigenvalue weighted by Gasteiger charge is -2.61. The lowest BCUT2D eigenvalue weighted by molar-refractivity contribution is -0.0320. The van der Waals surface area contributed by atoms with Gasteiger partial charge in [0, 0.05) is 17.5 Å². The molecule has 2 atom stereocenters. The fourth-order valence-electron chi connectivity index (χ4n) is 7.86. The summed E-state index contributed by atoms with van der Waals surface area (Å²) in [5.41, 5.74) is 17.4. The van der Waals surface area contributed by atoms with Crippen molar-refractivity contribution in [2.75, 3.05) is 11.5 Å². The van der Waals surface area contributed by atoms with Crippen molar-refractivity contribution in [3.63, 3.8) is 0 Å². The van der Waals surface area contributed by atoms with Gasteiger partial charge in [-0.3, -0.25) is 0 Å². The van der Waals surface area contributed by atoms with Gasteiger partial charge >= 0.3 is 0 Å². The molecular formula is C28H27N5O. The molecule has 8 rings (SSSR count). The van der Waals surface area contributed by atoms with Gasteiger partial charge in [-0.2, -0.15) is 10.2 Å². The van der Waals surface area contributed by atoms with E-state index in [1.54, 1.807) is 6.07 Å². The minimum atomic E-state index is -0.0873. The van der Waals surface area contributed by atoms with Crippen molar-refractivity contribution in [3.8, 4) is 17.7 Å². The fourth-order valence-corrected chi connectivity index (χ4v) is 7.86. The van der Waals surface area contributed by atoms with E-state index in [0.717, 1.165) is 41.9 Å². The van der Waals surface area contributed by atoms with E-state index in [-0.39, 0.29) is 10.8 Å². The predicted octanol–water partition coefficient (Wildman–Crippen LogP) is 5.00. The van der Waals surface area contributed by atoms with E-state index >= 15 is 0 Å². The number of fused-ring (bicyclic) bond motifs is 2. The van der Waals surface area contributed by atoms with Gasteiger partial charge in [0.15, 0.2) is 0 Å². The second-order valence-corrected chi connectivity index (χ2v) is 11.1. The Balaban J connectivity index is 1.31. The molecular weight excluding hydrogens is 422 g/mol. The highest BCUT2D eigenvalue weighted by molar-refractivity contribution is 5.57. The Labute approximate surface area is 199 Å². The third-order valence-corrected chi connectivity index (χ3v) is 8.81. The van der Waals surface area contributed by atoms with E-state index in [1.165, 1.54) is 24.8 Å². The highest BCUT2D eigenvalue weighted by Gasteiger charge is 2.60. The van der Waals surface area contributed by atoms with Gasteiger partial charge in [-0.05, 0) is 91.2 Å². The van der Waals surface area contributed by atoms with Crippen LogP contribution in [-0.4, -0.2) is 9.97 Å². The molecule has 6 heteroatoms. The van der Waals surface area contributed by atoms with E-state index in [0.29, 0.717) is 41.3 Å². The van der Waals surface area contributed by atoms with Crippen LogP contribution in [0.3, 0.4) is 0 Å². The number of nitrogens with two attached hydrogens (primary N) is 2. The van der Waals surface area contributed by atoms with Crippen LogP contribution in [0.4, 0.5) is 11.5 Å². The summed E-state index contributed by atoms with van der Waals surface area (Å²) in [6, 6.07) is 16.2. The molecule has 1 aromatic heterocycles. The summed E-state index contributed by atoms with van der Waals surface area (Å²) in [6.45, 7) is 0. The fraction of sp³-hybridized carbons (Fsp3) is 0.393. The topological polar surface area (TPSA) is 111 Å². The second-order valence-electron chi connectivity index (χ2n) is 11.1. The monoisotopic (exact) mass is 449 g/mol. The van der Waals surface area contributed by atoms with Gasteiger partial charge in [0.05, 0.1) is 17.2 Å². The zero-order valence-corrected chi connectivity index (χ0v) is 19.1. The van der Waals surface area contributed by atoms with Crippen molar-refractivity contribution >= 4 is 11.5 Å². The highest BCUT2D eigenvalue weighted by Crippen LogP contribution is 2.66. The number of nitrogen functional groups attached to an aromatic ring is 2. The van der Waals surface area contributed by atoms with Crippen LogP contribution in [0.1, 0.15) is 66.6 Å². The summed E-state index contributed by atoms with van der Waals surface area (Å²) in [4.78, 5) is 9.97. The molecule has 4 bridgehead atoms. The molecule has 1 aliphatic heterocycles. The average Bonchev–Trinajstić information content (AvgIpc) is 2.82. The zero-order valence-electron chi connectivity index (χ0n) is 19.1. The third-order valence-electron chi connectivity index (χ3n) is 8.81. The van der Waals surface area contributed by atoms with Crippen molar-refractivity contribution in [1.29, 1.82) is 5.26 Å². The summed E-state index contributed by atoms with van der Waals surface area (Å²) in [5.74, 6) is 3.94. The van der Waals surface area contributed by atoms with Crippen LogP contribution in [0.5, 0.6) is 11.6 Å². The largest absolute Gasteiger partial charge is 0.438 e. The van der Waals surface area contributed by atoms with Crippen molar-refractivity contribution in [3.05, 3.63) is 70.5 Å². The summed E-state index contributed by atoms with van der Waals surface area (Å²) in [7, 11) is 0. The molecule has 0 radical (unpaired) electrons. The van der Waals surface area contributed by atoms with Crippen LogP contribution in [0.2, 0.25) is 0 Å².